The summed E-state index contributed by atoms with van der Waals surface area (Å²) >= 11 is 0. The van der Waals surface area contributed by atoms with Gasteiger partial charge in [0.2, 0.25) is 5.91 Å². The zero-order valence-electron chi connectivity index (χ0n) is 10.6. The number of nitrogens with two attached hydrogens (primary N) is 1. The summed E-state index contributed by atoms with van der Waals surface area (Å²) in [5.74, 6) is -1.02. The Bertz CT molecular complexity index is 524. The van der Waals surface area contributed by atoms with Gasteiger partial charge < -0.3 is 10.6 Å². The van der Waals surface area contributed by atoms with Crippen LogP contribution >= 0.6 is 0 Å². The van der Waals surface area contributed by atoms with Crippen molar-refractivity contribution >= 4 is 15.7 Å². The summed E-state index contributed by atoms with van der Waals surface area (Å²) in [6.07, 6.45) is 0. The molecular formula is C12H18N2O3S. The highest BCUT2D eigenvalue weighted by Gasteiger charge is 2.18. The van der Waals surface area contributed by atoms with Crippen LogP contribution in [0.1, 0.15) is 11.1 Å². The van der Waals surface area contributed by atoms with E-state index in [1.165, 1.54) is 19.0 Å². The third kappa shape index (κ3) is 4.46. The molecule has 0 unspecified atom stereocenters. The molecule has 5 nitrogen and oxygen atoms in total. The van der Waals surface area contributed by atoms with E-state index in [-0.39, 0.29) is 5.75 Å². The number of carbonyl (C=O) groups excluding carboxylic acids is 1. The van der Waals surface area contributed by atoms with Crippen molar-refractivity contribution in [1.29, 1.82) is 0 Å². The molecule has 1 aromatic carbocycles. The molecule has 0 saturated heterocycles. The average Bonchev–Trinajstić information content (AvgIpc) is 2.27. The first-order valence-corrected chi connectivity index (χ1v) is 7.34. The Hall–Kier alpha value is -1.40. The minimum Gasteiger partial charge on any atom is -0.348 e. The average molecular weight is 270 g/mol. The fourth-order valence-electron chi connectivity index (χ4n) is 1.47. The van der Waals surface area contributed by atoms with Crippen LogP contribution in [0.25, 0.3) is 0 Å². The van der Waals surface area contributed by atoms with Crippen LogP contribution in [0.4, 0.5) is 0 Å². The second kappa shape index (κ2) is 5.97. The Morgan fingerprint density at radius 1 is 1.28 bits per heavy atom. The van der Waals surface area contributed by atoms with Crippen LogP contribution in [0.2, 0.25) is 0 Å². The Balaban J connectivity index is 2.79. The van der Waals surface area contributed by atoms with Crippen molar-refractivity contribution in [2.75, 3.05) is 19.8 Å². The third-order valence-electron chi connectivity index (χ3n) is 2.46. The Kier molecular flexibility index (Phi) is 4.86. The molecule has 18 heavy (non-hydrogen) atoms. The molecular weight excluding hydrogens is 252 g/mol. The number of hydrogen-bond acceptors (Lipinski definition) is 4. The van der Waals surface area contributed by atoms with Gasteiger partial charge in [-0.15, -0.1) is 0 Å². The molecule has 1 aromatic rings. The van der Waals surface area contributed by atoms with Gasteiger partial charge in [-0.3, -0.25) is 4.79 Å². The van der Waals surface area contributed by atoms with E-state index in [1.54, 1.807) is 18.2 Å². The SMILES string of the molecule is CN(C)C(=O)CS(=O)(=O)Cc1cccc(CN)c1. The van der Waals surface area contributed by atoms with Gasteiger partial charge in [-0.05, 0) is 11.1 Å². The lowest BCUT2D eigenvalue weighted by molar-refractivity contribution is -0.125. The molecule has 1 amide bonds. The molecule has 100 valence electrons. The molecule has 6 heteroatoms. The summed E-state index contributed by atoms with van der Waals surface area (Å²) in [4.78, 5) is 12.7. The maximum atomic E-state index is 11.8. The highest BCUT2D eigenvalue weighted by Crippen LogP contribution is 2.10. The number of amides is 1. The van der Waals surface area contributed by atoms with E-state index in [1.807, 2.05) is 6.07 Å². The first-order valence-electron chi connectivity index (χ1n) is 5.52. The second-order valence-electron chi connectivity index (χ2n) is 4.34. The summed E-state index contributed by atoms with van der Waals surface area (Å²) in [5, 5.41) is 0. The van der Waals surface area contributed by atoms with Crippen LogP contribution in [0.5, 0.6) is 0 Å². The van der Waals surface area contributed by atoms with Gasteiger partial charge in [-0.2, -0.15) is 0 Å². The number of sulfone groups is 1. The highest BCUT2D eigenvalue weighted by molar-refractivity contribution is 7.91. The zero-order chi connectivity index (χ0) is 13.8. The van der Waals surface area contributed by atoms with Crippen molar-refractivity contribution in [3.63, 3.8) is 0 Å². The molecule has 0 spiro atoms. The Morgan fingerprint density at radius 3 is 2.44 bits per heavy atom. The molecule has 1 rings (SSSR count). The number of nitrogens with zero attached hydrogens (tertiary/aromatic N) is 1. The molecule has 2 N–H and O–H groups in total. The van der Waals surface area contributed by atoms with Crippen LogP contribution in [0.15, 0.2) is 24.3 Å². The zero-order valence-corrected chi connectivity index (χ0v) is 11.4. The standard InChI is InChI=1S/C12H18N2O3S/c1-14(2)12(15)9-18(16,17)8-11-5-3-4-10(6-11)7-13/h3-6H,7-9,13H2,1-2H3. The number of rotatable bonds is 5. The van der Waals surface area contributed by atoms with E-state index in [0.29, 0.717) is 12.1 Å². The Morgan fingerprint density at radius 2 is 1.89 bits per heavy atom. The van der Waals surface area contributed by atoms with Gasteiger partial charge in [0.05, 0.1) is 5.75 Å². The monoisotopic (exact) mass is 270 g/mol. The summed E-state index contributed by atoms with van der Waals surface area (Å²) in [6, 6.07) is 7.07. The lowest BCUT2D eigenvalue weighted by Crippen LogP contribution is -2.29. The fraction of sp³-hybridized carbons (Fsp3) is 0.417. The van der Waals surface area contributed by atoms with Crippen molar-refractivity contribution in [2.24, 2.45) is 5.73 Å². The largest absolute Gasteiger partial charge is 0.348 e. The Labute approximate surface area is 108 Å². The summed E-state index contributed by atoms with van der Waals surface area (Å²) in [6.45, 7) is 0.366. The lowest BCUT2D eigenvalue weighted by atomic mass is 10.1. The van der Waals surface area contributed by atoms with Gasteiger partial charge in [0, 0.05) is 20.6 Å². The van der Waals surface area contributed by atoms with Gasteiger partial charge in [0.25, 0.3) is 0 Å². The fourth-order valence-corrected chi connectivity index (χ4v) is 2.89. The maximum Gasteiger partial charge on any atom is 0.237 e. The van der Waals surface area contributed by atoms with E-state index in [0.717, 1.165) is 5.56 Å². The smallest absolute Gasteiger partial charge is 0.237 e. The molecule has 0 fully saturated rings. The summed E-state index contributed by atoms with van der Waals surface area (Å²) in [7, 11) is -0.367. The van der Waals surface area contributed by atoms with E-state index in [9.17, 15) is 13.2 Å². The molecule has 0 aliphatic carbocycles. The van der Waals surface area contributed by atoms with Crippen LogP contribution < -0.4 is 5.73 Å². The first kappa shape index (κ1) is 14.7. The maximum absolute atomic E-state index is 11.8. The van der Waals surface area contributed by atoms with Crippen LogP contribution in [-0.4, -0.2) is 39.1 Å². The van der Waals surface area contributed by atoms with Gasteiger partial charge in [0.15, 0.2) is 9.84 Å². The van der Waals surface area contributed by atoms with Crippen LogP contribution in [0.3, 0.4) is 0 Å². The summed E-state index contributed by atoms with van der Waals surface area (Å²) in [5.41, 5.74) is 7.03. The van der Waals surface area contributed by atoms with E-state index in [2.05, 4.69) is 0 Å². The molecule has 0 saturated carbocycles. The van der Waals surface area contributed by atoms with Gasteiger partial charge in [-0.25, -0.2) is 8.42 Å². The van der Waals surface area contributed by atoms with Crippen molar-refractivity contribution in [3.05, 3.63) is 35.4 Å². The van der Waals surface area contributed by atoms with E-state index >= 15 is 0 Å². The predicted molar refractivity (Wildman–Crippen MR) is 70.5 cm³/mol. The predicted octanol–water partition coefficient (Wildman–Crippen LogP) is 0.148. The molecule has 0 heterocycles. The van der Waals surface area contributed by atoms with Crippen molar-refractivity contribution < 1.29 is 13.2 Å². The van der Waals surface area contributed by atoms with Gasteiger partial charge in [-0.1, -0.05) is 24.3 Å². The molecule has 0 atom stereocenters. The molecule has 0 aliphatic rings. The van der Waals surface area contributed by atoms with Gasteiger partial charge in [0.1, 0.15) is 5.75 Å². The quantitative estimate of drug-likeness (QED) is 0.825. The molecule has 0 aromatic heterocycles. The minimum atomic E-state index is -3.44. The van der Waals surface area contributed by atoms with Crippen molar-refractivity contribution in [3.8, 4) is 0 Å². The lowest BCUT2D eigenvalue weighted by Gasteiger charge is -2.10. The molecule has 0 bridgehead atoms. The molecule has 0 aliphatic heterocycles. The first-order chi connectivity index (χ1) is 8.34. The number of benzene rings is 1. The number of carbonyl (C=O) groups is 1. The highest BCUT2D eigenvalue weighted by atomic mass is 32.2. The topological polar surface area (TPSA) is 80.5 Å². The summed E-state index contributed by atoms with van der Waals surface area (Å²) < 4.78 is 23.7. The normalized spacial score (nSPS) is 11.3. The van der Waals surface area contributed by atoms with E-state index in [4.69, 9.17) is 5.73 Å². The van der Waals surface area contributed by atoms with Crippen LogP contribution in [0, 0.1) is 0 Å². The van der Waals surface area contributed by atoms with Crippen LogP contribution in [-0.2, 0) is 26.9 Å². The number of hydrogen-bond donors (Lipinski definition) is 1. The van der Waals surface area contributed by atoms with Crippen molar-refractivity contribution in [2.45, 2.75) is 12.3 Å². The van der Waals surface area contributed by atoms with E-state index < -0.39 is 21.5 Å². The van der Waals surface area contributed by atoms with Crippen molar-refractivity contribution in [1.82, 2.24) is 4.90 Å². The second-order valence-corrected chi connectivity index (χ2v) is 6.41. The van der Waals surface area contributed by atoms with Gasteiger partial charge >= 0.3 is 0 Å². The minimum absolute atomic E-state index is 0.138. The third-order valence-corrected chi connectivity index (χ3v) is 3.92. The molecule has 0 radical (unpaired) electrons.